The minimum absolute atomic E-state index is 0.590. The van der Waals surface area contributed by atoms with Crippen LogP contribution in [0.15, 0.2) is 60.3 Å². The summed E-state index contributed by atoms with van der Waals surface area (Å²) >= 11 is 0. The van der Waals surface area contributed by atoms with Crippen molar-refractivity contribution in [2.24, 2.45) is 0 Å². The zero-order valence-corrected chi connectivity index (χ0v) is 17.2. The molecule has 1 aromatic heterocycles. The van der Waals surface area contributed by atoms with Crippen molar-refractivity contribution in [1.82, 2.24) is 14.7 Å². The summed E-state index contributed by atoms with van der Waals surface area (Å²) < 4.78 is 41.6. The van der Waals surface area contributed by atoms with E-state index in [0.717, 1.165) is 61.4 Å². The molecule has 1 fully saturated rings. The SMILES string of the molecule is Cc1cc2n(n1)CC(N1CCN(c3ccccc3-c3cccc(C(F)(F)F)c3)CC1)=C2. The van der Waals surface area contributed by atoms with Crippen molar-refractivity contribution in [2.75, 3.05) is 31.1 Å². The molecule has 0 bridgehead atoms. The van der Waals surface area contributed by atoms with Crippen LogP contribution in [0.5, 0.6) is 0 Å². The van der Waals surface area contributed by atoms with Crippen molar-refractivity contribution in [3.63, 3.8) is 0 Å². The number of aryl methyl sites for hydroxylation is 1. The number of halogens is 3. The Morgan fingerprint density at radius 3 is 2.35 bits per heavy atom. The molecule has 0 unspecified atom stereocenters. The van der Waals surface area contributed by atoms with Crippen LogP contribution in [0, 0.1) is 6.92 Å². The first-order chi connectivity index (χ1) is 14.9. The number of nitrogens with zero attached hydrogens (tertiary/aromatic N) is 4. The molecule has 0 N–H and O–H groups in total. The summed E-state index contributed by atoms with van der Waals surface area (Å²) in [5.74, 6) is 0. The lowest BCUT2D eigenvalue weighted by Gasteiger charge is -2.38. The minimum atomic E-state index is -4.35. The van der Waals surface area contributed by atoms with Crippen LogP contribution >= 0.6 is 0 Å². The number of alkyl halides is 3. The van der Waals surface area contributed by atoms with Crippen LogP contribution in [0.25, 0.3) is 17.2 Å². The fraction of sp³-hybridized carbons (Fsp3) is 0.292. The van der Waals surface area contributed by atoms with Crippen LogP contribution in [-0.2, 0) is 12.7 Å². The largest absolute Gasteiger partial charge is 0.416 e. The van der Waals surface area contributed by atoms with E-state index in [1.807, 2.05) is 35.9 Å². The average molecular weight is 424 g/mol. The Hall–Kier alpha value is -3.22. The van der Waals surface area contributed by atoms with Gasteiger partial charge in [0.1, 0.15) is 0 Å². The third-order valence-electron chi connectivity index (χ3n) is 5.99. The number of aromatic nitrogens is 2. The quantitative estimate of drug-likeness (QED) is 0.588. The topological polar surface area (TPSA) is 24.3 Å². The number of benzene rings is 2. The molecule has 0 amide bonds. The van der Waals surface area contributed by atoms with E-state index in [0.29, 0.717) is 5.56 Å². The summed E-state index contributed by atoms with van der Waals surface area (Å²) in [4.78, 5) is 4.65. The number of piperazine rings is 1. The Labute approximate surface area is 179 Å². The first-order valence-corrected chi connectivity index (χ1v) is 10.4. The summed E-state index contributed by atoms with van der Waals surface area (Å²) in [5, 5.41) is 4.52. The molecule has 2 aliphatic heterocycles. The van der Waals surface area contributed by atoms with Gasteiger partial charge in [-0.3, -0.25) is 4.68 Å². The van der Waals surface area contributed by atoms with Crippen molar-refractivity contribution in [2.45, 2.75) is 19.6 Å². The third-order valence-corrected chi connectivity index (χ3v) is 5.99. The van der Waals surface area contributed by atoms with Gasteiger partial charge in [0.25, 0.3) is 0 Å². The van der Waals surface area contributed by atoms with E-state index < -0.39 is 11.7 Å². The second kappa shape index (κ2) is 7.48. The maximum absolute atomic E-state index is 13.2. The zero-order chi connectivity index (χ0) is 21.6. The van der Waals surface area contributed by atoms with Gasteiger partial charge in [-0.25, -0.2) is 0 Å². The monoisotopic (exact) mass is 424 g/mol. The lowest BCUT2D eigenvalue weighted by atomic mass is 10.00. The van der Waals surface area contributed by atoms with Crippen molar-refractivity contribution >= 4 is 11.8 Å². The van der Waals surface area contributed by atoms with Gasteiger partial charge in [0.15, 0.2) is 0 Å². The maximum Gasteiger partial charge on any atom is 0.416 e. The molecule has 160 valence electrons. The van der Waals surface area contributed by atoms with Gasteiger partial charge in [-0.1, -0.05) is 30.3 Å². The molecule has 0 atom stereocenters. The second-order valence-corrected chi connectivity index (χ2v) is 8.07. The Bertz CT molecular complexity index is 1140. The molecular formula is C24H23F3N4. The van der Waals surface area contributed by atoms with Gasteiger partial charge in [-0.05, 0) is 42.8 Å². The van der Waals surface area contributed by atoms with Crippen molar-refractivity contribution in [3.8, 4) is 11.1 Å². The fourth-order valence-corrected chi connectivity index (χ4v) is 4.46. The Kier molecular flexibility index (Phi) is 4.76. The highest BCUT2D eigenvalue weighted by atomic mass is 19.4. The van der Waals surface area contributed by atoms with Gasteiger partial charge in [-0.15, -0.1) is 0 Å². The van der Waals surface area contributed by atoms with Crippen molar-refractivity contribution < 1.29 is 13.2 Å². The molecule has 5 rings (SSSR count). The molecule has 0 aliphatic carbocycles. The lowest BCUT2D eigenvalue weighted by molar-refractivity contribution is -0.137. The number of hydrogen-bond acceptors (Lipinski definition) is 3. The van der Waals surface area contributed by atoms with E-state index in [9.17, 15) is 13.2 Å². The van der Waals surface area contributed by atoms with Gasteiger partial charge in [0, 0.05) is 43.1 Å². The summed E-state index contributed by atoms with van der Waals surface area (Å²) in [5.41, 5.74) is 5.22. The van der Waals surface area contributed by atoms with Gasteiger partial charge in [0.05, 0.1) is 23.5 Å². The Morgan fingerprint density at radius 2 is 1.61 bits per heavy atom. The van der Waals surface area contributed by atoms with E-state index in [1.165, 1.54) is 17.8 Å². The summed E-state index contributed by atoms with van der Waals surface area (Å²) in [6.07, 6.45) is -2.15. The molecule has 4 nitrogen and oxygen atoms in total. The predicted octanol–water partition coefficient (Wildman–Crippen LogP) is 5.05. The maximum atomic E-state index is 13.2. The minimum Gasteiger partial charge on any atom is -0.370 e. The van der Waals surface area contributed by atoms with Crippen LogP contribution in [-0.4, -0.2) is 40.9 Å². The highest BCUT2D eigenvalue weighted by Gasteiger charge is 2.31. The van der Waals surface area contributed by atoms with Gasteiger partial charge in [-0.2, -0.15) is 18.3 Å². The van der Waals surface area contributed by atoms with E-state index in [2.05, 4.69) is 27.0 Å². The first kappa shape index (κ1) is 19.7. The smallest absolute Gasteiger partial charge is 0.370 e. The molecule has 0 saturated carbocycles. The van der Waals surface area contributed by atoms with Crippen LogP contribution in [0.1, 0.15) is 17.0 Å². The van der Waals surface area contributed by atoms with Gasteiger partial charge in [0.2, 0.25) is 0 Å². The van der Waals surface area contributed by atoms with E-state index in [1.54, 1.807) is 6.07 Å². The van der Waals surface area contributed by atoms with Gasteiger partial charge >= 0.3 is 6.18 Å². The van der Waals surface area contributed by atoms with E-state index >= 15 is 0 Å². The fourth-order valence-electron chi connectivity index (χ4n) is 4.46. The highest BCUT2D eigenvalue weighted by Crippen LogP contribution is 2.36. The van der Waals surface area contributed by atoms with Crippen LogP contribution < -0.4 is 4.90 Å². The summed E-state index contributed by atoms with van der Waals surface area (Å²) in [7, 11) is 0. The van der Waals surface area contributed by atoms with E-state index in [-0.39, 0.29) is 0 Å². The number of fused-ring (bicyclic) bond motifs is 1. The summed E-state index contributed by atoms with van der Waals surface area (Å²) in [6, 6.07) is 15.4. The van der Waals surface area contributed by atoms with Crippen molar-refractivity contribution in [1.29, 1.82) is 0 Å². The number of hydrogen-bond donors (Lipinski definition) is 0. The highest BCUT2D eigenvalue weighted by molar-refractivity contribution is 5.79. The van der Waals surface area contributed by atoms with Crippen LogP contribution in [0.4, 0.5) is 18.9 Å². The van der Waals surface area contributed by atoms with Gasteiger partial charge < -0.3 is 9.80 Å². The molecule has 0 radical (unpaired) electrons. The molecule has 3 heterocycles. The predicted molar refractivity (Wildman–Crippen MR) is 116 cm³/mol. The third kappa shape index (κ3) is 3.80. The number of para-hydroxylation sites is 1. The molecule has 2 aromatic carbocycles. The molecule has 7 heteroatoms. The molecule has 2 aliphatic rings. The van der Waals surface area contributed by atoms with Crippen LogP contribution in [0.3, 0.4) is 0 Å². The standard InChI is InChI=1S/C24H23F3N4/c1-17-13-20-15-21(16-31(20)28-17)29-9-11-30(12-10-29)23-8-3-2-7-22(23)18-5-4-6-19(14-18)24(25,26)27/h2-8,13-15H,9-12,16H2,1H3. The summed E-state index contributed by atoms with van der Waals surface area (Å²) in [6.45, 7) is 6.16. The van der Waals surface area contributed by atoms with Crippen LogP contribution in [0.2, 0.25) is 0 Å². The number of anilines is 1. The zero-order valence-electron chi connectivity index (χ0n) is 17.2. The number of rotatable bonds is 3. The Morgan fingerprint density at radius 1 is 0.871 bits per heavy atom. The first-order valence-electron chi connectivity index (χ1n) is 10.4. The van der Waals surface area contributed by atoms with Crippen molar-refractivity contribution in [3.05, 3.63) is 77.2 Å². The molecule has 1 saturated heterocycles. The second-order valence-electron chi connectivity index (χ2n) is 8.07. The average Bonchev–Trinajstić information content (AvgIpc) is 3.31. The van der Waals surface area contributed by atoms with E-state index in [4.69, 9.17) is 0 Å². The molecule has 3 aromatic rings. The Balaban J connectivity index is 1.34. The normalized spacial score (nSPS) is 16.5. The lowest BCUT2D eigenvalue weighted by Crippen LogP contribution is -2.46. The number of allylic oxidation sites excluding steroid dienone is 1. The molecular weight excluding hydrogens is 401 g/mol. The molecule has 0 spiro atoms. The molecule has 31 heavy (non-hydrogen) atoms.